The minimum atomic E-state index is -0.341. The number of nitrogens with one attached hydrogen (secondary N) is 1. The van der Waals surface area contributed by atoms with Crippen molar-refractivity contribution in [1.29, 1.82) is 5.26 Å². The molecule has 4 heterocycles. The number of halogens is 1. The third-order valence-corrected chi connectivity index (χ3v) is 6.77. The lowest BCUT2D eigenvalue weighted by Crippen LogP contribution is -2.27. The van der Waals surface area contributed by atoms with E-state index in [0.29, 0.717) is 41.7 Å². The topological polar surface area (TPSA) is 106 Å². The van der Waals surface area contributed by atoms with Gasteiger partial charge in [0, 0.05) is 37.9 Å². The maximum absolute atomic E-state index is 13.2. The lowest BCUT2D eigenvalue weighted by Gasteiger charge is -2.13. The first-order chi connectivity index (χ1) is 18.3. The number of benzene rings is 1. The second kappa shape index (κ2) is 10.3. The van der Waals surface area contributed by atoms with Gasteiger partial charge in [-0.2, -0.15) is 15.3 Å². The van der Waals surface area contributed by atoms with Gasteiger partial charge in [-0.1, -0.05) is 44.5 Å². The molecule has 10 heteroatoms. The van der Waals surface area contributed by atoms with E-state index in [0.717, 1.165) is 39.7 Å². The van der Waals surface area contributed by atoms with Gasteiger partial charge in [0.1, 0.15) is 11.9 Å². The highest BCUT2D eigenvalue weighted by atomic mass is 35.5. The average Bonchev–Trinajstić information content (AvgIpc) is 3.45. The van der Waals surface area contributed by atoms with Crippen molar-refractivity contribution < 1.29 is 0 Å². The van der Waals surface area contributed by atoms with Crippen LogP contribution in [0.4, 0.5) is 5.82 Å². The van der Waals surface area contributed by atoms with Gasteiger partial charge in [0.05, 0.1) is 39.4 Å². The van der Waals surface area contributed by atoms with Crippen molar-refractivity contribution in [3.63, 3.8) is 0 Å². The van der Waals surface area contributed by atoms with Crippen molar-refractivity contribution >= 4 is 39.4 Å². The van der Waals surface area contributed by atoms with Crippen LogP contribution in [0.15, 0.2) is 47.5 Å². The lowest BCUT2D eigenvalue weighted by atomic mass is 10.1. The Morgan fingerprint density at radius 3 is 2.76 bits per heavy atom. The van der Waals surface area contributed by atoms with Crippen molar-refractivity contribution in [3.8, 4) is 17.5 Å². The lowest BCUT2D eigenvalue weighted by molar-refractivity contribution is 0.511. The zero-order valence-electron chi connectivity index (χ0n) is 21.9. The quantitative estimate of drug-likeness (QED) is 0.297. The number of fused-ring (bicyclic) bond motifs is 2. The summed E-state index contributed by atoms with van der Waals surface area (Å²) in [6.07, 6.45) is 4.40. The van der Waals surface area contributed by atoms with Gasteiger partial charge in [-0.3, -0.25) is 14.2 Å². The van der Waals surface area contributed by atoms with E-state index in [4.69, 9.17) is 16.7 Å². The van der Waals surface area contributed by atoms with Crippen molar-refractivity contribution in [2.45, 2.75) is 40.3 Å². The summed E-state index contributed by atoms with van der Waals surface area (Å²) in [5.74, 6) is 0.711. The Balaban J connectivity index is 1.84. The third-order valence-electron chi connectivity index (χ3n) is 6.46. The number of aromatic nitrogens is 6. The predicted octanol–water partition coefficient (Wildman–Crippen LogP) is 5.20. The molecular weight excluding hydrogens is 500 g/mol. The molecule has 5 rings (SSSR count). The summed E-state index contributed by atoms with van der Waals surface area (Å²) in [5, 5.41) is 20.2. The fourth-order valence-corrected chi connectivity index (χ4v) is 5.02. The Morgan fingerprint density at radius 1 is 1.24 bits per heavy atom. The molecule has 0 radical (unpaired) electrons. The van der Waals surface area contributed by atoms with Gasteiger partial charge in [0.2, 0.25) is 0 Å². The number of pyridine rings is 1. The average molecular weight is 529 g/mol. The number of hydrogen-bond acceptors (Lipinski definition) is 6. The van der Waals surface area contributed by atoms with Crippen LogP contribution >= 0.6 is 11.6 Å². The summed E-state index contributed by atoms with van der Waals surface area (Å²) in [7, 11) is 1.90. The Morgan fingerprint density at radius 2 is 2.05 bits per heavy atom. The van der Waals surface area contributed by atoms with E-state index in [1.54, 1.807) is 17.0 Å². The molecule has 1 N–H and O–H groups in total. The molecule has 0 spiro atoms. The first-order valence-electron chi connectivity index (χ1n) is 12.7. The van der Waals surface area contributed by atoms with Crippen LogP contribution in [0, 0.1) is 17.2 Å². The van der Waals surface area contributed by atoms with Gasteiger partial charge < -0.3 is 9.88 Å². The summed E-state index contributed by atoms with van der Waals surface area (Å²) >= 11 is 6.45. The molecule has 0 saturated heterocycles. The molecule has 38 heavy (non-hydrogen) atoms. The summed E-state index contributed by atoms with van der Waals surface area (Å²) in [6, 6.07) is 11.8. The standard InChI is InChI=1S/C28H29ClN8O/c1-5-10-32-26-23-25(22-12-18(13-30)15-35(22)4)37(34-27(23)36(14-17(2)3)28(38)33-26)16-19-9-11-31-24-20(19)7-6-8-21(24)29/h6-9,11-12,15,17H,5,10,14,16H2,1-4H3,(H,32,33,38). The molecule has 0 aliphatic heterocycles. The summed E-state index contributed by atoms with van der Waals surface area (Å²) < 4.78 is 5.45. The smallest absolute Gasteiger partial charge is 0.351 e. The van der Waals surface area contributed by atoms with Gasteiger partial charge in [0.25, 0.3) is 0 Å². The number of nitriles is 1. The maximum atomic E-state index is 13.2. The van der Waals surface area contributed by atoms with Crippen LogP contribution in [0.5, 0.6) is 0 Å². The Kier molecular flexibility index (Phi) is 6.91. The van der Waals surface area contributed by atoms with Crippen LogP contribution in [0.2, 0.25) is 5.02 Å². The summed E-state index contributed by atoms with van der Waals surface area (Å²) in [6.45, 7) is 7.72. The molecule has 0 saturated carbocycles. The molecular formula is C28H29ClN8O. The number of nitrogens with zero attached hydrogens (tertiary/aromatic N) is 7. The van der Waals surface area contributed by atoms with Crippen molar-refractivity contribution in [1.82, 2.24) is 28.9 Å². The minimum Gasteiger partial charge on any atom is -0.369 e. The molecule has 0 aliphatic rings. The molecule has 0 atom stereocenters. The predicted molar refractivity (Wildman–Crippen MR) is 150 cm³/mol. The fraction of sp³-hybridized carbons (Fsp3) is 0.321. The molecule has 0 bridgehead atoms. The fourth-order valence-electron chi connectivity index (χ4n) is 4.79. The van der Waals surface area contributed by atoms with E-state index in [9.17, 15) is 10.1 Å². The molecule has 194 valence electrons. The van der Waals surface area contributed by atoms with Crippen molar-refractivity contribution in [3.05, 3.63) is 69.4 Å². The monoisotopic (exact) mass is 528 g/mol. The van der Waals surface area contributed by atoms with Crippen LogP contribution in [-0.2, 0) is 20.1 Å². The van der Waals surface area contributed by atoms with Gasteiger partial charge in [-0.15, -0.1) is 0 Å². The molecule has 0 aliphatic carbocycles. The molecule has 9 nitrogen and oxygen atoms in total. The van der Waals surface area contributed by atoms with E-state index < -0.39 is 0 Å². The second-order valence-corrected chi connectivity index (χ2v) is 10.2. The van der Waals surface area contributed by atoms with Crippen LogP contribution in [-0.4, -0.2) is 35.4 Å². The van der Waals surface area contributed by atoms with E-state index >= 15 is 0 Å². The maximum Gasteiger partial charge on any atom is 0.351 e. The Bertz CT molecular complexity index is 1760. The van der Waals surface area contributed by atoms with Gasteiger partial charge in [0.15, 0.2) is 5.65 Å². The molecule has 4 aromatic heterocycles. The highest BCUT2D eigenvalue weighted by molar-refractivity contribution is 6.35. The summed E-state index contributed by atoms with van der Waals surface area (Å²) in [5.41, 5.74) is 4.04. The van der Waals surface area contributed by atoms with Crippen LogP contribution in [0.1, 0.15) is 38.3 Å². The first kappa shape index (κ1) is 25.5. The van der Waals surface area contributed by atoms with E-state index in [2.05, 4.69) is 42.1 Å². The van der Waals surface area contributed by atoms with Crippen LogP contribution in [0.3, 0.4) is 0 Å². The highest BCUT2D eigenvalue weighted by Gasteiger charge is 2.25. The van der Waals surface area contributed by atoms with Gasteiger partial charge >= 0.3 is 5.69 Å². The van der Waals surface area contributed by atoms with Crippen molar-refractivity contribution in [2.75, 3.05) is 11.9 Å². The highest BCUT2D eigenvalue weighted by Crippen LogP contribution is 2.35. The van der Waals surface area contributed by atoms with Crippen LogP contribution < -0.4 is 11.0 Å². The SMILES string of the molecule is CCCNc1nc(=O)n(CC(C)C)c2nn(Cc3ccnc4c(Cl)cccc34)c(-c3cc(C#N)cn3C)c12. The normalized spacial score (nSPS) is 11.5. The number of para-hydroxylation sites is 1. The Hall–Kier alpha value is -4.16. The molecule has 0 unspecified atom stereocenters. The van der Waals surface area contributed by atoms with Gasteiger partial charge in [-0.05, 0) is 36.1 Å². The summed E-state index contributed by atoms with van der Waals surface area (Å²) in [4.78, 5) is 22.1. The number of hydrogen-bond donors (Lipinski definition) is 1. The molecule has 1 aromatic carbocycles. The van der Waals surface area contributed by atoms with Crippen LogP contribution in [0.25, 0.3) is 33.3 Å². The van der Waals surface area contributed by atoms with Gasteiger partial charge in [-0.25, -0.2) is 4.79 Å². The van der Waals surface area contributed by atoms with E-state index in [1.807, 2.05) is 46.6 Å². The zero-order valence-corrected chi connectivity index (χ0v) is 22.6. The number of anilines is 1. The largest absolute Gasteiger partial charge is 0.369 e. The minimum absolute atomic E-state index is 0.215. The van der Waals surface area contributed by atoms with E-state index in [1.165, 1.54) is 0 Å². The van der Waals surface area contributed by atoms with E-state index in [-0.39, 0.29) is 11.6 Å². The number of rotatable bonds is 8. The number of aryl methyl sites for hydroxylation is 1. The second-order valence-electron chi connectivity index (χ2n) is 9.82. The molecule has 5 aromatic rings. The molecule has 0 amide bonds. The third kappa shape index (κ3) is 4.52. The molecule has 0 fully saturated rings. The zero-order chi connectivity index (χ0) is 27.0. The van der Waals surface area contributed by atoms with Crippen molar-refractivity contribution in [2.24, 2.45) is 13.0 Å². The first-order valence-corrected chi connectivity index (χ1v) is 13.0. The Labute approximate surface area is 225 Å².